The number of nitrogens with one attached hydrogen (secondary N) is 1. The van der Waals surface area contributed by atoms with Crippen LogP contribution in [0.2, 0.25) is 0 Å². The van der Waals surface area contributed by atoms with Crippen molar-refractivity contribution in [2.75, 3.05) is 32.4 Å². The third-order valence-electron chi connectivity index (χ3n) is 4.60. The molecule has 1 amide bonds. The normalized spacial score (nSPS) is 16.2. The minimum Gasteiger partial charge on any atom is -0.348 e. The molecule has 2 heterocycles. The summed E-state index contributed by atoms with van der Waals surface area (Å²) in [4.78, 5) is 18.6. The number of pyridine rings is 1. The van der Waals surface area contributed by atoms with Crippen LogP contribution in [-0.4, -0.2) is 60.9 Å². The van der Waals surface area contributed by atoms with Crippen molar-refractivity contribution >= 4 is 15.9 Å². The second-order valence-electron chi connectivity index (χ2n) is 6.68. The first kappa shape index (κ1) is 19.5. The van der Waals surface area contributed by atoms with Gasteiger partial charge in [0.25, 0.3) is 5.91 Å². The number of hydrogen-bond acceptors (Lipinski definition) is 5. The van der Waals surface area contributed by atoms with Gasteiger partial charge < -0.3 is 5.32 Å². The third kappa shape index (κ3) is 5.59. The molecule has 27 heavy (non-hydrogen) atoms. The average Bonchev–Trinajstić information content (AvgIpc) is 2.67. The summed E-state index contributed by atoms with van der Waals surface area (Å²) in [5, 5.41) is 2.91. The monoisotopic (exact) mass is 388 g/mol. The zero-order chi connectivity index (χ0) is 19.3. The Morgan fingerprint density at radius 2 is 1.78 bits per heavy atom. The lowest BCUT2D eigenvalue weighted by Crippen LogP contribution is -2.47. The highest BCUT2D eigenvalue weighted by Crippen LogP contribution is 2.12. The van der Waals surface area contributed by atoms with Crippen LogP contribution in [0.3, 0.4) is 0 Å². The maximum atomic E-state index is 12.4. The summed E-state index contributed by atoms with van der Waals surface area (Å²) in [7, 11) is -3.12. The van der Waals surface area contributed by atoms with Gasteiger partial charge in [0, 0.05) is 57.2 Å². The van der Waals surface area contributed by atoms with Gasteiger partial charge >= 0.3 is 0 Å². The Labute approximate surface area is 160 Å². The fourth-order valence-electron chi connectivity index (χ4n) is 3.07. The molecule has 1 aliphatic rings. The van der Waals surface area contributed by atoms with Gasteiger partial charge in [-0.1, -0.05) is 12.1 Å². The molecule has 1 N–H and O–H groups in total. The van der Waals surface area contributed by atoms with E-state index < -0.39 is 10.0 Å². The molecule has 1 aliphatic heterocycles. The summed E-state index contributed by atoms with van der Waals surface area (Å²) in [5.74, 6) is -0.115. The van der Waals surface area contributed by atoms with E-state index in [1.165, 1.54) is 10.6 Å². The zero-order valence-corrected chi connectivity index (χ0v) is 16.2. The van der Waals surface area contributed by atoms with Gasteiger partial charge in [-0.3, -0.25) is 14.7 Å². The molecule has 0 atom stereocenters. The molecular formula is C19H24N4O3S. The van der Waals surface area contributed by atoms with E-state index >= 15 is 0 Å². The number of hydrogen-bond donors (Lipinski definition) is 1. The number of piperazine rings is 1. The van der Waals surface area contributed by atoms with E-state index in [2.05, 4.69) is 15.2 Å². The van der Waals surface area contributed by atoms with Crippen LogP contribution in [-0.2, 0) is 23.1 Å². The summed E-state index contributed by atoms with van der Waals surface area (Å²) in [6.07, 6.45) is 4.65. The summed E-state index contributed by atoms with van der Waals surface area (Å²) >= 11 is 0. The van der Waals surface area contributed by atoms with Crippen LogP contribution in [0.15, 0.2) is 48.8 Å². The minimum atomic E-state index is -3.12. The molecule has 0 spiro atoms. The van der Waals surface area contributed by atoms with Gasteiger partial charge in [-0.05, 0) is 35.4 Å². The van der Waals surface area contributed by atoms with E-state index in [0.29, 0.717) is 44.8 Å². The van der Waals surface area contributed by atoms with Crippen molar-refractivity contribution in [1.29, 1.82) is 0 Å². The topological polar surface area (TPSA) is 82.6 Å². The number of amides is 1. The Balaban J connectivity index is 1.55. The smallest absolute Gasteiger partial charge is 0.251 e. The predicted molar refractivity (Wildman–Crippen MR) is 104 cm³/mol. The SMILES string of the molecule is CS(=O)(=O)N1CCN(Cc2cccc(C(=O)NCc3ccncc3)c2)CC1. The Bertz CT molecular complexity index is 879. The summed E-state index contributed by atoms with van der Waals surface area (Å²) in [6, 6.07) is 11.3. The van der Waals surface area contributed by atoms with Gasteiger partial charge in [0.05, 0.1) is 6.26 Å². The van der Waals surface area contributed by atoms with E-state index in [0.717, 1.165) is 11.1 Å². The molecule has 2 aromatic rings. The predicted octanol–water partition coefficient (Wildman–Crippen LogP) is 1.09. The van der Waals surface area contributed by atoms with Gasteiger partial charge in [-0.25, -0.2) is 8.42 Å². The van der Waals surface area contributed by atoms with E-state index in [9.17, 15) is 13.2 Å². The van der Waals surface area contributed by atoms with E-state index in [4.69, 9.17) is 0 Å². The molecule has 1 saturated heterocycles. The molecule has 3 rings (SSSR count). The number of aromatic nitrogens is 1. The highest BCUT2D eigenvalue weighted by atomic mass is 32.2. The van der Waals surface area contributed by atoms with Crippen LogP contribution in [0, 0.1) is 0 Å². The van der Waals surface area contributed by atoms with Crippen molar-refractivity contribution in [3.63, 3.8) is 0 Å². The Morgan fingerprint density at radius 3 is 2.44 bits per heavy atom. The van der Waals surface area contributed by atoms with Crippen molar-refractivity contribution < 1.29 is 13.2 Å². The van der Waals surface area contributed by atoms with Crippen LogP contribution < -0.4 is 5.32 Å². The first-order valence-electron chi connectivity index (χ1n) is 8.85. The molecule has 0 saturated carbocycles. The molecule has 0 aliphatic carbocycles. The molecule has 0 bridgehead atoms. The largest absolute Gasteiger partial charge is 0.348 e. The molecule has 1 fully saturated rings. The van der Waals surface area contributed by atoms with Crippen molar-refractivity contribution in [3.05, 3.63) is 65.5 Å². The molecule has 1 aromatic carbocycles. The summed E-state index contributed by atoms with van der Waals surface area (Å²) < 4.78 is 24.7. The standard InChI is InChI=1S/C19H24N4O3S/c1-27(25,26)23-11-9-22(10-12-23)15-17-3-2-4-18(13-17)19(24)21-14-16-5-7-20-8-6-16/h2-8,13H,9-12,14-15H2,1H3,(H,21,24). The number of sulfonamides is 1. The Hall–Kier alpha value is -2.29. The number of carbonyl (C=O) groups is 1. The van der Waals surface area contributed by atoms with Crippen LogP contribution >= 0.6 is 0 Å². The number of carbonyl (C=O) groups excluding carboxylic acids is 1. The van der Waals surface area contributed by atoms with Crippen LogP contribution in [0.5, 0.6) is 0 Å². The molecule has 0 unspecified atom stereocenters. The molecule has 0 radical (unpaired) electrons. The minimum absolute atomic E-state index is 0.115. The highest BCUT2D eigenvalue weighted by molar-refractivity contribution is 7.88. The van der Waals surface area contributed by atoms with E-state index in [1.807, 2.05) is 30.3 Å². The van der Waals surface area contributed by atoms with Crippen LogP contribution in [0.4, 0.5) is 0 Å². The second-order valence-corrected chi connectivity index (χ2v) is 8.66. The maximum absolute atomic E-state index is 12.4. The molecule has 144 valence electrons. The van der Waals surface area contributed by atoms with Gasteiger partial charge in [0.1, 0.15) is 0 Å². The van der Waals surface area contributed by atoms with Gasteiger partial charge in [0.15, 0.2) is 0 Å². The van der Waals surface area contributed by atoms with E-state index in [1.54, 1.807) is 18.5 Å². The van der Waals surface area contributed by atoms with Gasteiger partial charge in [-0.2, -0.15) is 4.31 Å². The average molecular weight is 388 g/mol. The number of benzene rings is 1. The fourth-order valence-corrected chi connectivity index (χ4v) is 3.90. The Morgan fingerprint density at radius 1 is 1.07 bits per heavy atom. The Kier molecular flexibility index (Phi) is 6.20. The highest BCUT2D eigenvalue weighted by Gasteiger charge is 2.23. The zero-order valence-electron chi connectivity index (χ0n) is 15.3. The number of rotatable bonds is 6. The first-order chi connectivity index (χ1) is 12.9. The van der Waals surface area contributed by atoms with Crippen LogP contribution in [0.25, 0.3) is 0 Å². The van der Waals surface area contributed by atoms with Gasteiger partial charge in [0.2, 0.25) is 10.0 Å². The van der Waals surface area contributed by atoms with Crippen molar-refractivity contribution in [3.8, 4) is 0 Å². The van der Waals surface area contributed by atoms with Crippen molar-refractivity contribution in [2.24, 2.45) is 0 Å². The third-order valence-corrected chi connectivity index (χ3v) is 5.90. The summed E-state index contributed by atoms with van der Waals surface area (Å²) in [6.45, 7) is 3.54. The molecule has 7 nitrogen and oxygen atoms in total. The van der Waals surface area contributed by atoms with Crippen LogP contribution in [0.1, 0.15) is 21.5 Å². The van der Waals surface area contributed by atoms with Gasteiger partial charge in [-0.15, -0.1) is 0 Å². The summed E-state index contributed by atoms with van der Waals surface area (Å²) in [5.41, 5.74) is 2.66. The molecule has 8 heteroatoms. The fraction of sp³-hybridized carbons (Fsp3) is 0.368. The lowest BCUT2D eigenvalue weighted by molar-refractivity contribution is 0.0950. The molecule has 1 aromatic heterocycles. The van der Waals surface area contributed by atoms with Crippen molar-refractivity contribution in [1.82, 2.24) is 19.5 Å². The second kappa shape index (κ2) is 8.60. The van der Waals surface area contributed by atoms with Crippen molar-refractivity contribution in [2.45, 2.75) is 13.1 Å². The lowest BCUT2D eigenvalue weighted by Gasteiger charge is -2.33. The quantitative estimate of drug-likeness (QED) is 0.801. The first-order valence-corrected chi connectivity index (χ1v) is 10.7. The number of nitrogens with zero attached hydrogens (tertiary/aromatic N) is 3. The van der Waals surface area contributed by atoms with E-state index in [-0.39, 0.29) is 5.91 Å². The maximum Gasteiger partial charge on any atom is 0.251 e. The lowest BCUT2D eigenvalue weighted by atomic mass is 10.1. The molecular weight excluding hydrogens is 364 g/mol.